The van der Waals surface area contributed by atoms with Crippen LogP contribution in [0, 0.1) is 12.8 Å². The molecule has 7 nitrogen and oxygen atoms in total. The number of halogens is 1. The summed E-state index contributed by atoms with van der Waals surface area (Å²) in [6.45, 7) is 7.63. The van der Waals surface area contributed by atoms with E-state index in [1.54, 1.807) is 7.11 Å². The monoisotopic (exact) mass is 546 g/mol. The van der Waals surface area contributed by atoms with Gasteiger partial charge in [-0.1, -0.05) is 25.0 Å². The summed E-state index contributed by atoms with van der Waals surface area (Å²) in [4.78, 5) is 16.7. The van der Waals surface area contributed by atoms with E-state index in [-0.39, 0.29) is 29.9 Å². The standard InChI is InChI=1S/C23H38N4O3.HI/c1-4-24-23(26-12-11-25-22(28)16-19-7-5-6-8-19)27-17-20-10-9-18(2)15-21(20)30-14-13-29-3;/h9-10,15,19H,4-8,11-14,16-17H2,1-3H3,(H,25,28)(H2,24,26,27);1H. The molecule has 1 aromatic rings. The van der Waals surface area contributed by atoms with Gasteiger partial charge in [-0.3, -0.25) is 4.79 Å². The van der Waals surface area contributed by atoms with Crippen molar-refractivity contribution in [3.05, 3.63) is 29.3 Å². The van der Waals surface area contributed by atoms with Gasteiger partial charge < -0.3 is 25.4 Å². The molecule has 0 unspecified atom stereocenters. The first kappa shape index (κ1) is 27.5. The Balaban J connectivity index is 0.00000480. The lowest BCUT2D eigenvalue weighted by Gasteiger charge is -2.14. The number of aliphatic imine (C=N–C) groups is 1. The highest BCUT2D eigenvalue weighted by Gasteiger charge is 2.17. The number of guanidine groups is 1. The number of nitrogens with one attached hydrogen (secondary N) is 3. The van der Waals surface area contributed by atoms with Crippen molar-refractivity contribution < 1.29 is 14.3 Å². The maximum absolute atomic E-state index is 12.0. The third-order valence-corrected chi connectivity index (χ3v) is 5.21. The molecule has 8 heteroatoms. The summed E-state index contributed by atoms with van der Waals surface area (Å²) in [5, 5.41) is 9.54. The van der Waals surface area contributed by atoms with Crippen molar-refractivity contribution in [3.8, 4) is 5.75 Å². The van der Waals surface area contributed by atoms with E-state index in [0.717, 1.165) is 29.4 Å². The molecule has 2 rings (SSSR count). The molecule has 0 heterocycles. The second kappa shape index (κ2) is 16.1. The number of ether oxygens (including phenoxy) is 2. The van der Waals surface area contributed by atoms with Gasteiger partial charge in [-0.15, -0.1) is 24.0 Å². The molecule has 0 saturated heterocycles. The minimum Gasteiger partial charge on any atom is -0.491 e. The zero-order chi connectivity index (χ0) is 21.6. The minimum atomic E-state index is 0. The molecule has 1 amide bonds. The lowest BCUT2D eigenvalue weighted by atomic mass is 10.0. The largest absolute Gasteiger partial charge is 0.491 e. The smallest absolute Gasteiger partial charge is 0.220 e. The van der Waals surface area contributed by atoms with Crippen LogP contribution in [0.25, 0.3) is 0 Å². The third-order valence-electron chi connectivity index (χ3n) is 5.21. The van der Waals surface area contributed by atoms with Crippen molar-refractivity contribution in [1.82, 2.24) is 16.0 Å². The second-order valence-electron chi connectivity index (χ2n) is 7.78. The Morgan fingerprint density at radius 1 is 1.13 bits per heavy atom. The van der Waals surface area contributed by atoms with E-state index in [4.69, 9.17) is 9.47 Å². The van der Waals surface area contributed by atoms with Gasteiger partial charge in [0.2, 0.25) is 5.91 Å². The molecule has 0 aromatic heterocycles. The van der Waals surface area contributed by atoms with Crippen LogP contribution in [-0.4, -0.2) is 51.8 Å². The van der Waals surface area contributed by atoms with Crippen molar-refractivity contribution >= 4 is 35.8 Å². The summed E-state index contributed by atoms with van der Waals surface area (Å²) in [5.74, 6) is 2.30. The summed E-state index contributed by atoms with van der Waals surface area (Å²) in [5.41, 5.74) is 2.17. The van der Waals surface area contributed by atoms with Crippen molar-refractivity contribution in [3.63, 3.8) is 0 Å². The van der Waals surface area contributed by atoms with Gasteiger partial charge in [0.05, 0.1) is 13.2 Å². The number of carbonyl (C=O) groups excluding carboxylic acids is 1. The fourth-order valence-corrected chi connectivity index (χ4v) is 3.60. The Morgan fingerprint density at radius 2 is 1.87 bits per heavy atom. The number of nitrogens with zero attached hydrogens (tertiary/aromatic N) is 1. The van der Waals surface area contributed by atoms with Gasteiger partial charge >= 0.3 is 0 Å². The van der Waals surface area contributed by atoms with Crippen LogP contribution in [0.2, 0.25) is 0 Å². The molecular formula is C23H39IN4O3. The van der Waals surface area contributed by atoms with E-state index in [9.17, 15) is 4.79 Å². The van der Waals surface area contributed by atoms with Gasteiger partial charge in [-0.05, 0) is 44.2 Å². The molecule has 1 aromatic carbocycles. The Bertz CT molecular complexity index is 679. The van der Waals surface area contributed by atoms with Crippen LogP contribution < -0.4 is 20.7 Å². The molecule has 0 atom stereocenters. The third kappa shape index (κ3) is 11.0. The van der Waals surface area contributed by atoms with Crippen molar-refractivity contribution in [2.45, 2.75) is 52.5 Å². The first-order valence-electron chi connectivity index (χ1n) is 11.1. The summed E-state index contributed by atoms with van der Waals surface area (Å²) in [6, 6.07) is 6.14. The lowest BCUT2D eigenvalue weighted by Crippen LogP contribution is -2.41. The number of methoxy groups -OCH3 is 1. The summed E-state index contributed by atoms with van der Waals surface area (Å²) < 4.78 is 10.9. The van der Waals surface area contributed by atoms with E-state index in [1.165, 1.54) is 25.7 Å². The van der Waals surface area contributed by atoms with E-state index in [2.05, 4.69) is 27.0 Å². The number of carbonyl (C=O) groups is 1. The molecule has 3 N–H and O–H groups in total. The van der Waals surface area contributed by atoms with Crippen LogP contribution in [-0.2, 0) is 16.1 Å². The molecule has 1 fully saturated rings. The Hall–Kier alpha value is -1.55. The van der Waals surface area contributed by atoms with Crippen molar-refractivity contribution in [1.29, 1.82) is 0 Å². The van der Waals surface area contributed by atoms with Gasteiger partial charge in [0.15, 0.2) is 5.96 Å². The number of hydrogen-bond acceptors (Lipinski definition) is 4. The zero-order valence-corrected chi connectivity index (χ0v) is 21.5. The molecule has 31 heavy (non-hydrogen) atoms. The highest BCUT2D eigenvalue weighted by Crippen LogP contribution is 2.27. The molecule has 1 aliphatic rings. The highest BCUT2D eigenvalue weighted by molar-refractivity contribution is 14.0. The van der Waals surface area contributed by atoms with E-state index >= 15 is 0 Å². The predicted molar refractivity (Wildman–Crippen MR) is 136 cm³/mol. The maximum Gasteiger partial charge on any atom is 0.220 e. The Labute approximate surface area is 204 Å². The van der Waals surface area contributed by atoms with Gasteiger partial charge in [-0.2, -0.15) is 0 Å². The molecule has 0 bridgehead atoms. The van der Waals surface area contributed by atoms with Gasteiger partial charge in [0.1, 0.15) is 12.4 Å². The topological polar surface area (TPSA) is 84.0 Å². The van der Waals surface area contributed by atoms with Crippen LogP contribution in [0.15, 0.2) is 23.2 Å². The molecule has 0 aliphatic heterocycles. The molecule has 0 spiro atoms. The van der Waals surface area contributed by atoms with Gasteiger partial charge in [-0.25, -0.2) is 4.99 Å². The van der Waals surface area contributed by atoms with Crippen LogP contribution in [0.5, 0.6) is 5.75 Å². The Morgan fingerprint density at radius 3 is 2.58 bits per heavy atom. The number of amides is 1. The molecule has 1 aliphatic carbocycles. The fourth-order valence-electron chi connectivity index (χ4n) is 3.60. The number of aryl methyl sites for hydroxylation is 1. The maximum atomic E-state index is 12.0. The summed E-state index contributed by atoms with van der Waals surface area (Å²) in [7, 11) is 1.66. The number of hydrogen-bond donors (Lipinski definition) is 3. The average molecular weight is 546 g/mol. The average Bonchev–Trinajstić information content (AvgIpc) is 3.23. The Kier molecular flexibility index (Phi) is 14.3. The first-order valence-corrected chi connectivity index (χ1v) is 11.1. The second-order valence-corrected chi connectivity index (χ2v) is 7.78. The lowest BCUT2D eigenvalue weighted by molar-refractivity contribution is -0.121. The van der Waals surface area contributed by atoms with Crippen molar-refractivity contribution in [2.24, 2.45) is 10.9 Å². The molecular weight excluding hydrogens is 507 g/mol. The van der Waals surface area contributed by atoms with E-state index in [0.29, 0.717) is 45.2 Å². The number of benzene rings is 1. The van der Waals surface area contributed by atoms with Crippen LogP contribution in [0.3, 0.4) is 0 Å². The van der Waals surface area contributed by atoms with E-state index < -0.39 is 0 Å². The van der Waals surface area contributed by atoms with Crippen LogP contribution in [0.1, 0.15) is 50.2 Å². The van der Waals surface area contributed by atoms with Gasteiger partial charge in [0, 0.05) is 38.7 Å². The van der Waals surface area contributed by atoms with Crippen LogP contribution in [0.4, 0.5) is 0 Å². The number of rotatable bonds is 12. The first-order chi connectivity index (χ1) is 14.6. The highest BCUT2D eigenvalue weighted by atomic mass is 127. The molecule has 1 saturated carbocycles. The zero-order valence-electron chi connectivity index (χ0n) is 19.2. The summed E-state index contributed by atoms with van der Waals surface area (Å²) in [6.07, 6.45) is 5.58. The predicted octanol–water partition coefficient (Wildman–Crippen LogP) is 3.39. The quantitative estimate of drug-likeness (QED) is 0.162. The molecule has 0 radical (unpaired) electrons. The summed E-state index contributed by atoms with van der Waals surface area (Å²) >= 11 is 0. The molecule has 176 valence electrons. The van der Waals surface area contributed by atoms with Crippen LogP contribution >= 0.6 is 24.0 Å². The SMILES string of the molecule is CCNC(=NCc1ccc(C)cc1OCCOC)NCCNC(=O)CC1CCCC1.I. The minimum absolute atomic E-state index is 0. The van der Waals surface area contributed by atoms with Crippen molar-refractivity contribution in [2.75, 3.05) is 40.0 Å². The fraction of sp³-hybridized carbons (Fsp3) is 0.652. The van der Waals surface area contributed by atoms with E-state index in [1.807, 2.05) is 26.0 Å². The normalized spacial score (nSPS) is 14.1. The van der Waals surface area contributed by atoms with Gasteiger partial charge in [0.25, 0.3) is 0 Å².